The van der Waals surface area contributed by atoms with Crippen LogP contribution in [-0.2, 0) is 17.9 Å². The van der Waals surface area contributed by atoms with Gasteiger partial charge >= 0.3 is 0 Å². The first-order chi connectivity index (χ1) is 14.6. The van der Waals surface area contributed by atoms with Crippen molar-refractivity contribution < 1.29 is 19.0 Å². The van der Waals surface area contributed by atoms with E-state index in [0.717, 1.165) is 37.9 Å². The Morgan fingerprint density at radius 2 is 2.03 bits per heavy atom. The first kappa shape index (κ1) is 22.1. The fraction of sp³-hybridized carbons (Fsp3) is 0.458. The second-order valence-corrected chi connectivity index (χ2v) is 7.85. The number of hydrogen-bond acceptors (Lipinski definition) is 4. The van der Waals surface area contributed by atoms with E-state index in [4.69, 9.17) is 4.74 Å². The second-order valence-electron chi connectivity index (χ2n) is 7.85. The van der Waals surface area contributed by atoms with E-state index in [0.29, 0.717) is 36.8 Å². The number of benzene rings is 2. The fourth-order valence-electron chi connectivity index (χ4n) is 4.00. The largest absolute Gasteiger partial charge is 0.504 e. The Balaban J connectivity index is 1.45. The summed E-state index contributed by atoms with van der Waals surface area (Å²) in [6, 6.07) is 12.1. The molecule has 1 amide bonds. The molecule has 30 heavy (non-hydrogen) atoms. The van der Waals surface area contributed by atoms with Crippen LogP contribution in [0.2, 0.25) is 0 Å². The number of piperidine rings is 1. The van der Waals surface area contributed by atoms with Crippen molar-refractivity contribution in [1.29, 1.82) is 0 Å². The summed E-state index contributed by atoms with van der Waals surface area (Å²) in [7, 11) is 0. The van der Waals surface area contributed by atoms with Crippen molar-refractivity contribution in [3.05, 3.63) is 59.4 Å². The van der Waals surface area contributed by atoms with E-state index in [1.807, 2.05) is 19.1 Å². The zero-order valence-electron chi connectivity index (χ0n) is 17.6. The molecule has 1 fully saturated rings. The van der Waals surface area contributed by atoms with Crippen LogP contribution in [-0.4, -0.2) is 35.6 Å². The number of nitrogens with zero attached hydrogens (tertiary/aromatic N) is 1. The molecule has 5 nitrogen and oxygen atoms in total. The summed E-state index contributed by atoms with van der Waals surface area (Å²) >= 11 is 0. The van der Waals surface area contributed by atoms with Gasteiger partial charge in [0, 0.05) is 37.2 Å². The molecule has 0 aromatic heterocycles. The van der Waals surface area contributed by atoms with E-state index in [2.05, 4.69) is 10.2 Å². The number of carbonyl (C=O) groups excluding carboxylic acids is 1. The highest BCUT2D eigenvalue weighted by atomic mass is 19.1. The molecule has 1 heterocycles. The molecule has 1 saturated heterocycles. The number of rotatable bonds is 9. The lowest BCUT2D eigenvalue weighted by molar-refractivity contribution is -0.121. The number of carbonyl (C=O) groups is 1. The molecule has 0 saturated carbocycles. The Bertz CT molecular complexity index is 843. The number of hydrogen-bond donors (Lipinski definition) is 2. The van der Waals surface area contributed by atoms with Crippen LogP contribution in [0.1, 0.15) is 43.7 Å². The van der Waals surface area contributed by atoms with Gasteiger partial charge in [0.05, 0.1) is 6.61 Å². The molecule has 2 aromatic rings. The number of aromatic hydroxyl groups is 1. The normalized spacial score (nSPS) is 16.9. The van der Waals surface area contributed by atoms with Crippen LogP contribution in [0.15, 0.2) is 42.5 Å². The van der Waals surface area contributed by atoms with Gasteiger partial charge in [-0.3, -0.25) is 9.69 Å². The van der Waals surface area contributed by atoms with Gasteiger partial charge in [0.25, 0.3) is 0 Å². The highest BCUT2D eigenvalue weighted by Crippen LogP contribution is 2.32. The van der Waals surface area contributed by atoms with Crippen molar-refractivity contribution in [3.8, 4) is 11.5 Å². The summed E-state index contributed by atoms with van der Waals surface area (Å²) in [6.45, 7) is 5.18. The van der Waals surface area contributed by atoms with Crippen LogP contribution in [0.4, 0.5) is 4.39 Å². The van der Waals surface area contributed by atoms with Crippen molar-refractivity contribution in [3.63, 3.8) is 0 Å². The molecule has 0 unspecified atom stereocenters. The Morgan fingerprint density at radius 3 is 2.83 bits per heavy atom. The third-order valence-electron chi connectivity index (χ3n) is 5.59. The third-order valence-corrected chi connectivity index (χ3v) is 5.59. The minimum absolute atomic E-state index is 0.0440. The van der Waals surface area contributed by atoms with Gasteiger partial charge in [0.15, 0.2) is 11.5 Å². The molecule has 2 aromatic carbocycles. The van der Waals surface area contributed by atoms with E-state index in [-0.39, 0.29) is 24.0 Å². The number of phenols is 1. The standard InChI is InChI=1S/C24H31FN2O3/c1-2-30-22-11-5-9-20(24(22)29)17-27-14-6-7-18(16-27)12-13-23(28)26-15-19-8-3-4-10-21(19)25/h3-5,8-11,18,29H,2,6-7,12-17H2,1H3,(H,26,28)/t18-/m0/s1. The first-order valence-corrected chi connectivity index (χ1v) is 10.7. The van der Waals surface area contributed by atoms with E-state index < -0.39 is 0 Å². The maximum absolute atomic E-state index is 13.7. The smallest absolute Gasteiger partial charge is 0.220 e. The number of para-hydroxylation sites is 1. The van der Waals surface area contributed by atoms with Gasteiger partial charge in [0.2, 0.25) is 5.91 Å². The number of halogens is 1. The van der Waals surface area contributed by atoms with E-state index in [1.54, 1.807) is 24.3 Å². The van der Waals surface area contributed by atoms with Gasteiger partial charge in [-0.1, -0.05) is 30.3 Å². The van der Waals surface area contributed by atoms with Gasteiger partial charge in [-0.2, -0.15) is 0 Å². The van der Waals surface area contributed by atoms with E-state index in [9.17, 15) is 14.3 Å². The summed E-state index contributed by atoms with van der Waals surface area (Å²) in [5.41, 5.74) is 1.37. The quantitative estimate of drug-likeness (QED) is 0.644. The van der Waals surface area contributed by atoms with Crippen LogP contribution >= 0.6 is 0 Å². The monoisotopic (exact) mass is 414 g/mol. The highest BCUT2D eigenvalue weighted by molar-refractivity contribution is 5.75. The molecule has 0 radical (unpaired) electrons. The average Bonchev–Trinajstić information content (AvgIpc) is 2.75. The summed E-state index contributed by atoms with van der Waals surface area (Å²) in [6.07, 6.45) is 3.43. The molecule has 0 spiro atoms. The predicted octanol–water partition coefficient (Wildman–Crippen LogP) is 4.24. The Kier molecular flexibility index (Phi) is 8.08. The number of likely N-dealkylation sites (tertiary alicyclic amines) is 1. The second kappa shape index (κ2) is 11.0. The predicted molar refractivity (Wildman–Crippen MR) is 115 cm³/mol. The van der Waals surface area contributed by atoms with Crippen LogP contribution in [0.5, 0.6) is 11.5 Å². The van der Waals surface area contributed by atoms with Crippen molar-refractivity contribution in [2.24, 2.45) is 5.92 Å². The van der Waals surface area contributed by atoms with Crippen molar-refractivity contribution in [2.45, 2.75) is 45.7 Å². The number of phenolic OH excluding ortho intramolecular Hbond substituents is 1. The lowest BCUT2D eigenvalue weighted by Gasteiger charge is -2.33. The van der Waals surface area contributed by atoms with E-state index >= 15 is 0 Å². The van der Waals surface area contributed by atoms with Crippen molar-refractivity contribution >= 4 is 5.91 Å². The third kappa shape index (κ3) is 6.20. The Labute approximate surface area is 177 Å². The molecule has 0 bridgehead atoms. The summed E-state index contributed by atoms with van der Waals surface area (Å²) < 4.78 is 19.1. The molecule has 1 aliphatic rings. The van der Waals surface area contributed by atoms with Crippen LogP contribution in [0.25, 0.3) is 0 Å². The van der Waals surface area contributed by atoms with Gasteiger partial charge < -0.3 is 15.2 Å². The number of amides is 1. The maximum Gasteiger partial charge on any atom is 0.220 e. The molecule has 3 rings (SSSR count). The zero-order valence-corrected chi connectivity index (χ0v) is 17.6. The molecule has 2 N–H and O–H groups in total. The molecular weight excluding hydrogens is 383 g/mol. The molecular formula is C24H31FN2O3. The molecule has 1 aliphatic heterocycles. The summed E-state index contributed by atoms with van der Waals surface area (Å²) in [5.74, 6) is 0.842. The number of nitrogens with one attached hydrogen (secondary N) is 1. The van der Waals surface area contributed by atoms with Gasteiger partial charge in [0.1, 0.15) is 5.82 Å². The van der Waals surface area contributed by atoms with Gasteiger partial charge in [-0.05, 0) is 50.8 Å². The lowest BCUT2D eigenvalue weighted by atomic mass is 9.93. The summed E-state index contributed by atoms with van der Waals surface area (Å²) in [5, 5.41) is 13.3. The molecule has 162 valence electrons. The van der Waals surface area contributed by atoms with E-state index in [1.165, 1.54) is 6.07 Å². The first-order valence-electron chi connectivity index (χ1n) is 10.7. The zero-order chi connectivity index (χ0) is 21.3. The highest BCUT2D eigenvalue weighted by Gasteiger charge is 2.22. The Hall–Kier alpha value is -2.60. The molecule has 0 aliphatic carbocycles. The van der Waals surface area contributed by atoms with Crippen LogP contribution in [0, 0.1) is 11.7 Å². The van der Waals surface area contributed by atoms with Gasteiger partial charge in [-0.15, -0.1) is 0 Å². The molecule has 6 heteroatoms. The van der Waals surface area contributed by atoms with Crippen LogP contribution in [0.3, 0.4) is 0 Å². The van der Waals surface area contributed by atoms with Crippen LogP contribution < -0.4 is 10.1 Å². The molecule has 1 atom stereocenters. The fourth-order valence-corrected chi connectivity index (χ4v) is 4.00. The lowest BCUT2D eigenvalue weighted by Crippen LogP contribution is -2.35. The maximum atomic E-state index is 13.7. The average molecular weight is 415 g/mol. The topological polar surface area (TPSA) is 61.8 Å². The van der Waals surface area contributed by atoms with Crippen molar-refractivity contribution in [2.75, 3.05) is 19.7 Å². The minimum atomic E-state index is -0.294. The minimum Gasteiger partial charge on any atom is -0.504 e. The number of ether oxygens (including phenoxy) is 1. The summed E-state index contributed by atoms with van der Waals surface area (Å²) in [4.78, 5) is 14.5. The Morgan fingerprint density at radius 1 is 1.23 bits per heavy atom. The van der Waals surface area contributed by atoms with Gasteiger partial charge in [-0.25, -0.2) is 4.39 Å². The van der Waals surface area contributed by atoms with Crippen molar-refractivity contribution in [1.82, 2.24) is 10.2 Å². The SMILES string of the molecule is CCOc1cccc(CN2CCC[C@@H](CCC(=O)NCc3ccccc3F)C2)c1O.